The van der Waals surface area contributed by atoms with Crippen molar-refractivity contribution in [3.63, 3.8) is 0 Å². The number of halogens is 3. The van der Waals surface area contributed by atoms with Crippen molar-refractivity contribution in [2.24, 2.45) is 0 Å². The number of carbonyl (C=O) groups is 1. The van der Waals surface area contributed by atoms with Crippen LogP contribution in [-0.4, -0.2) is 16.0 Å². The van der Waals surface area contributed by atoms with Crippen molar-refractivity contribution in [3.8, 4) is 11.5 Å². The molecule has 0 saturated carbocycles. The largest absolute Gasteiger partial charge is 0.508 e. The van der Waals surface area contributed by atoms with Gasteiger partial charge in [-0.25, -0.2) is 0 Å². The second-order valence-electron chi connectivity index (χ2n) is 4.52. The molecule has 3 nitrogen and oxygen atoms in total. The van der Waals surface area contributed by atoms with Crippen molar-refractivity contribution in [3.05, 3.63) is 65.2 Å². The first kappa shape index (κ1) is 15.6. The Balaban J connectivity index is 2.16. The Labute approximate surface area is 124 Å². The van der Waals surface area contributed by atoms with Crippen LogP contribution in [0.4, 0.5) is 13.2 Å². The van der Waals surface area contributed by atoms with Gasteiger partial charge in [-0.1, -0.05) is 18.2 Å². The molecule has 0 spiro atoms. The minimum Gasteiger partial charge on any atom is -0.508 e. The number of alkyl halides is 3. The molecule has 0 aliphatic carbocycles. The number of aromatic hydroxyl groups is 2. The lowest BCUT2D eigenvalue weighted by molar-refractivity contribution is -0.137. The van der Waals surface area contributed by atoms with Gasteiger partial charge in [0, 0.05) is 6.07 Å². The number of hydrogen-bond donors (Lipinski definition) is 2. The number of rotatable bonds is 3. The molecule has 0 aliphatic rings. The monoisotopic (exact) mass is 308 g/mol. The predicted octanol–water partition coefficient (Wildman–Crippen LogP) is 4.01. The molecule has 0 amide bonds. The van der Waals surface area contributed by atoms with Gasteiger partial charge in [0.2, 0.25) is 0 Å². The van der Waals surface area contributed by atoms with Gasteiger partial charge < -0.3 is 10.2 Å². The average Bonchev–Trinajstić information content (AvgIpc) is 2.44. The minimum atomic E-state index is -4.41. The summed E-state index contributed by atoms with van der Waals surface area (Å²) in [7, 11) is 0. The fourth-order valence-electron chi connectivity index (χ4n) is 1.77. The lowest BCUT2D eigenvalue weighted by Gasteiger charge is -2.06. The minimum absolute atomic E-state index is 0.0130. The van der Waals surface area contributed by atoms with Crippen LogP contribution < -0.4 is 0 Å². The Morgan fingerprint density at radius 2 is 1.64 bits per heavy atom. The molecule has 0 aromatic heterocycles. The Morgan fingerprint density at radius 1 is 1.00 bits per heavy atom. The van der Waals surface area contributed by atoms with Gasteiger partial charge in [-0.05, 0) is 35.9 Å². The van der Waals surface area contributed by atoms with E-state index in [1.165, 1.54) is 30.3 Å². The van der Waals surface area contributed by atoms with Crippen LogP contribution in [0.15, 0.2) is 48.5 Å². The van der Waals surface area contributed by atoms with Crippen molar-refractivity contribution in [2.45, 2.75) is 6.18 Å². The van der Waals surface area contributed by atoms with E-state index in [-0.39, 0.29) is 17.1 Å². The van der Waals surface area contributed by atoms with Crippen LogP contribution in [0.1, 0.15) is 21.5 Å². The Morgan fingerprint density at radius 3 is 2.18 bits per heavy atom. The molecule has 0 fully saturated rings. The van der Waals surface area contributed by atoms with E-state index in [0.29, 0.717) is 5.56 Å². The highest BCUT2D eigenvalue weighted by atomic mass is 19.4. The van der Waals surface area contributed by atoms with E-state index in [0.717, 1.165) is 24.3 Å². The molecule has 0 saturated heterocycles. The summed E-state index contributed by atoms with van der Waals surface area (Å²) in [4.78, 5) is 11.9. The Bertz CT molecular complexity index is 716. The van der Waals surface area contributed by atoms with Crippen molar-refractivity contribution < 1.29 is 28.2 Å². The fourth-order valence-corrected chi connectivity index (χ4v) is 1.77. The van der Waals surface area contributed by atoms with Gasteiger partial charge in [-0.3, -0.25) is 4.79 Å². The molecule has 0 aliphatic heterocycles. The van der Waals surface area contributed by atoms with Crippen LogP contribution in [0.25, 0.3) is 6.08 Å². The number of carbonyl (C=O) groups excluding carboxylic acids is 1. The van der Waals surface area contributed by atoms with Crippen LogP contribution in [0.5, 0.6) is 11.5 Å². The summed E-state index contributed by atoms with van der Waals surface area (Å²) in [5.41, 5.74) is -0.368. The zero-order valence-electron chi connectivity index (χ0n) is 11.1. The number of phenolic OH excluding ortho intramolecular Hbond substituents is 2. The van der Waals surface area contributed by atoms with Crippen LogP contribution in [0.3, 0.4) is 0 Å². The quantitative estimate of drug-likeness (QED) is 0.665. The molecule has 0 unspecified atom stereocenters. The number of phenols is 2. The van der Waals surface area contributed by atoms with E-state index in [1.54, 1.807) is 0 Å². The number of hydrogen-bond acceptors (Lipinski definition) is 3. The highest BCUT2D eigenvalue weighted by molar-refractivity contribution is 6.08. The van der Waals surface area contributed by atoms with Crippen molar-refractivity contribution in [1.82, 2.24) is 0 Å². The van der Waals surface area contributed by atoms with Gasteiger partial charge in [0.1, 0.15) is 11.5 Å². The summed E-state index contributed by atoms with van der Waals surface area (Å²) in [6.07, 6.45) is -1.93. The Hall–Kier alpha value is -2.76. The maximum atomic E-state index is 12.4. The van der Waals surface area contributed by atoms with Crippen molar-refractivity contribution in [1.29, 1.82) is 0 Å². The molecule has 2 rings (SSSR count). The number of benzene rings is 2. The SMILES string of the molecule is O=C(/C=C/c1ccc(C(F)(F)F)cc1)c1ccc(O)cc1O. The zero-order chi connectivity index (χ0) is 16.3. The molecule has 22 heavy (non-hydrogen) atoms. The average molecular weight is 308 g/mol. The summed E-state index contributed by atoms with van der Waals surface area (Å²) >= 11 is 0. The van der Waals surface area contributed by atoms with Crippen LogP contribution >= 0.6 is 0 Å². The normalized spacial score (nSPS) is 11.8. The maximum absolute atomic E-state index is 12.4. The highest BCUT2D eigenvalue weighted by Crippen LogP contribution is 2.29. The third-order valence-electron chi connectivity index (χ3n) is 2.91. The van der Waals surface area contributed by atoms with Gasteiger partial charge in [-0.15, -0.1) is 0 Å². The van der Waals surface area contributed by atoms with Crippen molar-refractivity contribution in [2.75, 3.05) is 0 Å². The first-order chi connectivity index (χ1) is 10.3. The van der Waals surface area contributed by atoms with Crippen LogP contribution in [0, 0.1) is 0 Å². The van der Waals surface area contributed by atoms with Gasteiger partial charge >= 0.3 is 6.18 Å². The van der Waals surface area contributed by atoms with Gasteiger partial charge in [0.05, 0.1) is 11.1 Å². The fraction of sp³-hybridized carbons (Fsp3) is 0.0625. The second kappa shape index (κ2) is 5.93. The highest BCUT2D eigenvalue weighted by Gasteiger charge is 2.29. The molecule has 0 atom stereocenters. The van der Waals surface area contributed by atoms with Crippen molar-refractivity contribution >= 4 is 11.9 Å². The summed E-state index contributed by atoms with van der Waals surface area (Å²) < 4.78 is 37.2. The molecule has 2 aromatic rings. The van der Waals surface area contributed by atoms with Gasteiger partial charge in [0.15, 0.2) is 5.78 Å². The predicted molar refractivity (Wildman–Crippen MR) is 74.6 cm³/mol. The number of allylic oxidation sites excluding steroid dienone is 1. The summed E-state index contributed by atoms with van der Waals surface area (Å²) in [6.45, 7) is 0. The standard InChI is InChI=1S/C16H11F3O3/c17-16(18,19)11-4-1-10(2-5-11)3-8-14(21)13-7-6-12(20)9-15(13)22/h1-9,20,22H/b8-3+. The summed E-state index contributed by atoms with van der Waals surface area (Å²) in [5.74, 6) is -1.08. The Kier molecular flexibility index (Phi) is 4.21. The second-order valence-corrected chi connectivity index (χ2v) is 4.52. The molecule has 2 aromatic carbocycles. The molecule has 0 radical (unpaired) electrons. The third-order valence-corrected chi connectivity index (χ3v) is 2.91. The van der Waals surface area contributed by atoms with E-state index < -0.39 is 17.5 Å². The summed E-state index contributed by atoms with van der Waals surface area (Å²) in [5, 5.41) is 18.7. The van der Waals surface area contributed by atoms with E-state index in [1.807, 2.05) is 0 Å². The molecule has 0 bridgehead atoms. The smallest absolute Gasteiger partial charge is 0.416 e. The molecule has 0 heterocycles. The lowest BCUT2D eigenvalue weighted by Crippen LogP contribution is -2.04. The van der Waals surface area contributed by atoms with E-state index in [9.17, 15) is 23.1 Å². The first-order valence-electron chi connectivity index (χ1n) is 6.19. The maximum Gasteiger partial charge on any atom is 0.416 e. The molecule has 6 heteroatoms. The van der Waals surface area contributed by atoms with Gasteiger partial charge in [-0.2, -0.15) is 13.2 Å². The third kappa shape index (κ3) is 3.66. The lowest BCUT2D eigenvalue weighted by atomic mass is 10.1. The molecule has 2 N–H and O–H groups in total. The van der Waals surface area contributed by atoms with E-state index >= 15 is 0 Å². The molecular formula is C16H11F3O3. The van der Waals surface area contributed by atoms with Gasteiger partial charge in [0.25, 0.3) is 0 Å². The van der Waals surface area contributed by atoms with E-state index in [2.05, 4.69) is 0 Å². The van der Waals surface area contributed by atoms with E-state index in [4.69, 9.17) is 5.11 Å². The van der Waals surface area contributed by atoms with Crippen LogP contribution in [0.2, 0.25) is 0 Å². The van der Waals surface area contributed by atoms with Crippen LogP contribution in [-0.2, 0) is 6.18 Å². The first-order valence-corrected chi connectivity index (χ1v) is 6.19. The molecule has 114 valence electrons. The number of ketones is 1. The summed E-state index contributed by atoms with van der Waals surface area (Å²) in [6, 6.07) is 7.85. The molecular weight excluding hydrogens is 297 g/mol. The topological polar surface area (TPSA) is 57.5 Å². The zero-order valence-corrected chi connectivity index (χ0v) is 11.1.